The van der Waals surface area contributed by atoms with Crippen LogP contribution in [0.25, 0.3) is 0 Å². The van der Waals surface area contributed by atoms with Crippen LogP contribution >= 0.6 is 11.3 Å². The molecule has 2 aromatic rings. The highest BCUT2D eigenvalue weighted by atomic mass is 32.1. The zero-order valence-corrected chi connectivity index (χ0v) is 12.0. The molecular weight excluding hydrogens is 278 g/mol. The maximum Gasteiger partial charge on any atom is 0.352 e. The molecule has 106 valence electrons. The Balaban J connectivity index is 2.06. The van der Waals surface area contributed by atoms with Crippen LogP contribution < -0.4 is 5.32 Å². The van der Waals surface area contributed by atoms with Crippen LogP contribution in [0.3, 0.4) is 0 Å². The van der Waals surface area contributed by atoms with Crippen molar-refractivity contribution in [2.24, 2.45) is 0 Å². The molecule has 0 saturated carbocycles. The van der Waals surface area contributed by atoms with Crippen molar-refractivity contribution in [3.63, 3.8) is 0 Å². The minimum Gasteiger partial charge on any atom is -0.477 e. The van der Waals surface area contributed by atoms with Crippen molar-refractivity contribution in [1.29, 1.82) is 0 Å². The Kier molecular flexibility index (Phi) is 3.89. The van der Waals surface area contributed by atoms with E-state index in [2.05, 4.69) is 10.3 Å². The number of carbonyl (C=O) groups is 2. The molecule has 1 amide bonds. The van der Waals surface area contributed by atoms with Gasteiger partial charge in [0.05, 0.1) is 5.54 Å². The van der Waals surface area contributed by atoms with E-state index in [-0.39, 0.29) is 18.1 Å². The molecule has 0 spiro atoms. The highest BCUT2D eigenvalue weighted by Gasteiger charge is 2.25. The zero-order chi connectivity index (χ0) is 14.8. The van der Waals surface area contributed by atoms with E-state index in [1.54, 1.807) is 18.5 Å². The highest BCUT2D eigenvalue weighted by molar-refractivity contribution is 7.09. The molecule has 0 atom stereocenters. The van der Waals surface area contributed by atoms with Crippen molar-refractivity contribution >= 4 is 23.2 Å². The van der Waals surface area contributed by atoms with Crippen LogP contribution in [0.15, 0.2) is 29.9 Å². The summed E-state index contributed by atoms with van der Waals surface area (Å²) in [6.45, 7) is 3.68. The van der Waals surface area contributed by atoms with E-state index in [0.717, 1.165) is 5.01 Å². The van der Waals surface area contributed by atoms with Crippen LogP contribution in [0.2, 0.25) is 0 Å². The summed E-state index contributed by atoms with van der Waals surface area (Å²) >= 11 is 1.46. The molecule has 6 nitrogen and oxygen atoms in total. The van der Waals surface area contributed by atoms with Gasteiger partial charge in [0.2, 0.25) is 5.91 Å². The summed E-state index contributed by atoms with van der Waals surface area (Å²) in [7, 11) is 0. The summed E-state index contributed by atoms with van der Waals surface area (Å²) in [4.78, 5) is 27.2. The molecule has 20 heavy (non-hydrogen) atoms. The number of hydrogen-bond acceptors (Lipinski definition) is 4. The van der Waals surface area contributed by atoms with Crippen molar-refractivity contribution in [2.45, 2.75) is 25.9 Å². The lowest BCUT2D eigenvalue weighted by Crippen LogP contribution is -2.42. The van der Waals surface area contributed by atoms with Crippen LogP contribution in [0.4, 0.5) is 0 Å². The van der Waals surface area contributed by atoms with Crippen LogP contribution in [0.5, 0.6) is 0 Å². The molecule has 2 heterocycles. The fourth-order valence-corrected chi connectivity index (χ4v) is 2.59. The van der Waals surface area contributed by atoms with Crippen LogP contribution in [0, 0.1) is 0 Å². The van der Waals surface area contributed by atoms with Gasteiger partial charge in [-0.1, -0.05) is 0 Å². The Morgan fingerprint density at radius 1 is 1.50 bits per heavy atom. The molecule has 0 bridgehead atoms. The predicted molar refractivity (Wildman–Crippen MR) is 74.7 cm³/mol. The number of nitrogens with one attached hydrogen (secondary N) is 1. The zero-order valence-electron chi connectivity index (χ0n) is 11.2. The average molecular weight is 293 g/mol. The lowest BCUT2D eigenvalue weighted by molar-refractivity contribution is -0.123. The van der Waals surface area contributed by atoms with Crippen molar-refractivity contribution in [3.05, 3.63) is 40.6 Å². The van der Waals surface area contributed by atoms with Gasteiger partial charge in [-0.25, -0.2) is 9.78 Å². The first-order chi connectivity index (χ1) is 9.40. The third-order valence-electron chi connectivity index (χ3n) is 2.78. The Labute approximate surface area is 120 Å². The van der Waals surface area contributed by atoms with Crippen molar-refractivity contribution in [1.82, 2.24) is 14.9 Å². The number of hydrogen-bond donors (Lipinski definition) is 2. The average Bonchev–Trinajstić information content (AvgIpc) is 2.97. The van der Waals surface area contributed by atoms with E-state index in [9.17, 15) is 9.59 Å². The summed E-state index contributed by atoms with van der Waals surface area (Å²) < 4.78 is 1.40. The summed E-state index contributed by atoms with van der Waals surface area (Å²) in [6, 6.07) is 3.06. The molecule has 2 aromatic heterocycles. The van der Waals surface area contributed by atoms with Gasteiger partial charge < -0.3 is 15.0 Å². The number of amides is 1. The summed E-state index contributed by atoms with van der Waals surface area (Å²) in [6.07, 6.45) is 3.25. The molecule has 0 aliphatic rings. The number of carboxylic acid groups (broad SMARTS) is 1. The lowest BCUT2D eigenvalue weighted by atomic mass is 10.1. The first-order valence-corrected chi connectivity index (χ1v) is 6.87. The van der Waals surface area contributed by atoms with Crippen molar-refractivity contribution in [2.75, 3.05) is 0 Å². The van der Waals surface area contributed by atoms with E-state index in [1.165, 1.54) is 22.0 Å². The minimum atomic E-state index is -1.05. The second kappa shape index (κ2) is 5.46. The molecule has 0 unspecified atom stereocenters. The van der Waals surface area contributed by atoms with E-state index in [1.807, 2.05) is 19.2 Å². The minimum absolute atomic E-state index is 0.0383. The lowest BCUT2D eigenvalue weighted by Gasteiger charge is -2.24. The van der Waals surface area contributed by atoms with Gasteiger partial charge >= 0.3 is 5.97 Å². The molecule has 0 aliphatic carbocycles. The van der Waals surface area contributed by atoms with Gasteiger partial charge in [0.1, 0.15) is 17.2 Å². The van der Waals surface area contributed by atoms with E-state index in [4.69, 9.17) is 5.11 Å². The van der Waals surface area contributed by atoms with E-state index >= 15 is 0 Å². The predicted octanol–water partition coefficient (Wildman–Crippen LogP) is 1.69. The number of aromatic nitrogens is 2. The van der Waals surface area contributed by atoms with Crippen molar-refractivity contribution in [3.8, 4) is 0 Å². The molecular formula is C13H15N3O3S. The van der Waals surface area contributed by atoms with Gasteiger partial charge in [-0.15, -0.1) is 11.3 Å². The van der Waals surface area contributed by atoms with E-state index in [0.29, 0.717) is 0 Å². The molecule has 0 aliphatic heterocycles. The molecule has 2 rings (SSSR count). The number of rotatable bonds is 5. The largest absolute Gasteiger partial charge is 0.477 e. The van der Waals surface area contributed by atoms with Gasteiger partial charge in [-0.2, -0.15) is 0 Å². The fraction of sp³-hybridized carbons (Fsp3) is 0.308. The maximum absolute atomic E-state index is 12.0. The SMILES string of the molecule is CC(C)(NC(=O)Cn1cccc1C(=O)O)c1nccs1. The van der Waals surface area contributed by atoms with Gasteiger partial charge in [0.25, 0.3) is 0 Å². The Hall–Kier alpha value is -2.15. The fourth-order valence-electron chi connectivity index (χ4n) is 1.87. The number of carbonyl (C=O) groups excluding carboxylic acids is 1. The van der Waals surface area contributed by atoms with Crippen molar-refractivity contribution < 1.29 is 14.7 Å². The van der Waals surface area contributed by atoms with Gasteiger partial charge in [-0.3, -0.25) is 4.79 Å². The first kappa shape index (κ1) is 14.3. The summed E-state index contributed by atoms with van der Waals surface area (Å²) in [5, 5.41) is 14.5. The molecule has 2 N–H and O–H groups in total. The third-order valence-corrected chi connectivity index (χ3v) is 3.88. The van der Waals surface area contributed by atoms with Crippen LogP contribution in [-0.4, -0.2) is 26.5 Å². The third kappa shape index (κ3) is 3.05. The maximum atomic E-state index is 12.0. The number of aromatic carboxylic acids is 1. The number of thiazole rings is 1. The van der Waals surface area contributed by atoms with Gasteiger partial charge in [-0.05, 0) is 26.0 Å². The first-order valence-electron chi connectivity index (χ1n) is 5.99. The smallest absolute Gasteiger partial charge is 0.352 e. The molecule has 0 fully saturated rings. The van der Waals surface area contributed by atoms with Crippen LogP contribution in [0.1, 0.15) is 29.3 Å². The molecule has 0 radical (unpaired) electrons. The molecule has 0 aromatic carbocycles. The summed E-state index contributed by atoms with van der Waals surface area (Å²) in [5.74, 6) is -1.31. The van der Waals surface area contributed by atoms with Crippen LogP contribution in [-0.2, 0) is 16.9 Å². The Morgan fingerprint density at radius 2 is 2.25 bits per heavy atom. The number of carboxylic acids is 1. The standard InChI is InChI=1S/C13H15N3O3S/c1-13(2,12-14-5-7-20-12)15-10(17)8-16-6-3-4-9(16)11(18)19/h3-7H,8H2,1-2H3,(H,15,17)(H,18,19). The highest BCUT2D eigenvalue weighted by Crippen LogP contribution is 2.21. The summed E-state index contributed by atoms with van der Waals surface area (Å²) in [5.41, 5.74) is -0.492. The van der Waals surface area contributed by atoms with Gasteiger partial charge in [0.15, 0.2) is 0 Å². The second-order valence-electron chi connectivity index (χ2n) is 4.84. The Morgan fingerprint density at radius 3 is 2.85 bits per heavy atom. The normalized spacial score (nSPS) is 11.3. The molecule has 7 heteroatoms. The quantitative estimate of drug-likeness (QED) is 0.878. The van der Waals surface area contributed by atoms with Gasteiger partial charge in [0, 0.05) is 17.8 Å². The second-order valence-corrected chi connectivity index (χ2v) is 5.73. The molecule has 0 saturated heterocycles. The number of nitrogens with zero attached hydrogens (tertiary/aromatic N) is 2. The Bertz CT molecular complexity index is 617. The van der Waals surface area contributed by atoms with E-state index < -0.39 is 11.5 Å². The monoisotopic (exact) mass is 293 g/mol. The topological polar surface area (TPSA) is 84.2 Å².